The molecule has 1 rings (SSSR count). The molecule has 5 heteroatoms. The molecule has 1 amide bonds. The van der Waals surface area contributed by atoms with E-state index in [9.17, 15) is 4.79 Å². The highest BCUT2D eigenvalue weighted by molar-refractivity contribution is 5.85. The maximum atomic E-state index is 11.8. The molecule has 2 unspecified atom stereocenters. The molecule has 4 nitrogen and oxygen atoms in total. The first kappa shape index (κ1) is 18.7. The first-order valence-electron chi connectivity index (χ1n) is 6.79. The van der Waals surface area contributed by atoms with E-state index in [2.05, 4.69) is 12.2 Å². The van der Waals surface area contributed by atoms with Crippen molar-refractivity contribution in [3.05, 3.63) is 29.8 Å². The zero-order valence-electron chi connectivity index (χ0n) is 12.4. The molecule has 0 saturated carbocycles. The fourth-order valence-electron chi connectivity index (χ4n) is 1.51. The highest BCUT2D eigenvalue weighted by atomic mass is 35.5. The number of carbonyl (C=O) groups excluding carboxylic acids is 1. The minimum absolute atomic E-state index is 0. The lowest BCUT2D eigenvalue weighted by Gasteiger charge is -2.15. The van der Waals surface area contributed by atoms with Crippen molar-refractivity contribution >= 4 is 18.3 Å². The van der Waals surface area contributed by atoms with E-state index in [0.717, 1.165) is 24.3 Å². The van der Waals surface area contributed by atoms with Crippen LogP contribution in [0.25, 0.3) is 0 Å². The van der Waals surface area contributed by atoms with Crippen LogP contribution in [0.1, 0.15) is 32.8 Å². The van der Waals surface area contributed by atoms with Crippen molar-refractivity contribution in [2.24, 2.45) is 11.7 Å². The van der Waals surface area contributed by atoms with E-state index >= 15 is 0 Å². The molecule has 0 fully saturated rings. The molecule has 0 aliphatic heterocycles. The van der Waals surface area contributed by atoms with Gasteiger partial charge in [0.25, 0.3) is 0 Å². The summed E-state index contributed by atoms with van der Waals surface area (Å²) in [7, 11) is 0. The van der Waals surface area contributed by atoms with Crippen LogP contribution in [0.5, 0.6) is 5.75 Å². The number of hydrogen-bond acceptors (Lipinski definition) is 3. The minimum atomic E-state index is -0.174. The van der Waals surface area contributed by atoms with E-state index in [1.54, 1.807) is 0 Å². The Morgan fingerprint density at radius 2 is 1.90 bits per heavy atom. The van der Waals surface area contributed by atoms with E-state index < -0.39 is 0 Å². The fraction of sp³-hybridized carbons (Fsp3) is 0.533. The van der Waals surface area contributed by atoms with Gasteiger partial charge < -0.3 is 15.8 Å². The summed E-state index contributed by atoms with van der Waals surface area (Å²) in [6.07, 6.45) is 0.993. The standard InChI is InChI=1S/C15H24N2O2.ClH/c1-4-9-19-14-7-5-13(6-8-14)10-17-15(18)11(2)12(3)16;/h5-8,11-12H,4,9-10,16H2,1-3H3,(H,17,18);1H. The van der Waals surface area contributed by atoms with Gasteiger partial charge in [-0.1, -0.05) is 26.0 Å². The lowest BCUT2D eigenvalue weighted by atomic mass is 10.0. The van der Waals surface area contributed by atoms with Crippen LogP contribution >= 0.6 is 12.4 Å². The van der Waals surface area contributed by atoms with Crippen molar-refractivity contribution in [3.8, 4) is 5.75 Å². The molecule has 0 aliphatic carbocycles. The van der Waals surface area contributed by atoms with E-state index in [1.165, 1.54) is 0 Å². The second-order valence-corrected chi connectivity index (χ2v) is 4.86. The molecule has 20 heavy (non-hydrogen) atoms. The maximum absolute atomic E-state index is 11.8. The second kappa shape index (κ2) is 9.61. The molecule has 0 radical (unpaired) electrons. The fourth-order valence-corrected chi connectivity index (χ4v) is 1.51. The van der Waals surface area contributed by atoms with Crippen molar-refractivity contribution in [2.45, 2.75) is 39.8 Å². The predicted molar refractivity (Wildman–Crippen MR) is 84.1 cm³/mol. The number of nitrogens with two attached hydrogens (primary N) is 1. The van der Waals surface area contributed by atoms with Crippen LogP contribution in [0.15, 0.2) is 24.3 Å². The van der Waals surface area contributed by atoms with Crippen molar-refractivity contribution in [3.63, 3.8) is 0 Å². The van der Waals surface area contributed by atoms with Gasteiger partial charge in [0.05, 0.1) is 6.61 Å². The summed E-state index contributed by atoms with van der Waals surface area (Å²) >= 11 is 0. The van der Waals surface area contributed by atoms with Crippen molar-refractivity contribution in [2.75, 3.05) is 6.61 Å². The highest BCUT2D eigenvalue weighted by Crippen LogP contribution is 2.12. The van der Waals surface area contributed by atoms with Crippen molar-refractivity contribution in [1.29, 1.82) is 0 Å². The van der Waals surface area contributed by atoms with Crippen LogP contribution in [0.2, 0.25) is 0 Å². The monoisotopic (exact) mass is 300 g/mol. The summed E-state index contributed by atoms with van der Waals surface area (Å²) in [4.78, 5) is 11.8. The molecule has 114 valence electrons. The largest absolute Gasteiger partial charge is 0.494 e. The normalized spacial score (nSPS) is 13.0. The van der Waals surface area contributed by atoms with Crippen molar-refractivity contribution in [1.82, 2.24) is 5.32 Å². The summed E-state index contributed by atoms with van der Waals surface area (Å²) in [5.74, 6) is 0.675. The minimum Gasteiger partial charge on any atom is -0.494 e. The van der Waals surface area contributed by atoms with Gasteiger partial charge in [0.1, 0.15) is 5.75 Å². The smallest absolute Gasteiger partial charge is 0.224 e. The summed E-state index contributed by atoms with van der Waals surface area (Å²) in [6.45, 7) is 6.99. The van der Waals surface area contributed by atoms with Crippen LogP contribution < -0.4 is 15.8 Å². The van der Waals surface area contributed by atoms with Crippen LogP contribution in [0.3, 0.4) is 0 Å². The van der Waals surface area contributed by atoms with Gasteiger partial charge >= 0.3 is 0 Å². The Balaban J connectivity index is 0.00000361. The molecule has 0 heterocycles. The molecule has 0 saturated heterocycles. The van der Waals surface area contributed by atoms with Gasteiger partial charge in [0, 0.05) is 18.5 Å². The highest BCUT2D eigenvalue weighted by Gasteiger charge is 2.16. The van der Waals surface area contributed by atoms with Gasteiger partial charge in [-0.25, -0.2) is 0 Å². The van der Waals surface area contributed by atoms with Gasteiger partial charge in [-0.2, -0.15) is 0 Å². The first-order chi connectivity index (χ1) is 9.04. The van der Waals surface area contributed by atoms with Crippen LogP contribution in [-0.4, -0.2) is 18.6 Å². The summed E-state index contributed by atoms with van der Waals surface area (Å²) in [5, 5.41) is 2.88. The Kier molecular flexibility index (Phi) is 9.01. The maximum Gasteiger partial charge on any atom is 0.224 e. The molecular weight excluding hydrogens is 276 g/mol. The number of carbonyl (C=O) groups is 1. The Bertz CT molecular complexity index is 393. The lowest BCUT2D eigenvalue weighted by Crippen LogP contribution is -2.38. The molecule has 1 aromatic rings. The van der Waals surface area contributed by atoms with E-state index in [4.69, 9.17) is 10.5 Å². The summed E-state index contributed by atoms with van der Waals surface area (Å²) in [6, 6.07) is 7.63. The topological polar surface area (TPSA) is 64.3 Å². The van der Waals surface area contributed by atoms with Crippen LogP contribution in [0, 0.1) is 5.92 Å². The third kappa shape index (κ3) is 6.26. The van der Waals surface area contributed by atoms with Crippen molar-refractivity contribution < 1.29 is 9.53 Å². The molecule has 3 N–H and O–H groups in total. The lowest BCUT2D eigenvalue weighted by molar-refractivity contribution is -0.125. The predicted octanol–water partition coefficient (Wildman–Crippen LogP) is 2.50. The second-order valence-electron chi connectivity index (χ2n) is 4.86. The SMILES string of the molecule is CCCOc1ccc(CNC(=O)C(C)C(C)N)cc1.Cl. The third-order valence-corrected chi connectivity index (χ3v) is 3.07. The summed E-state index contributed by atoms with van der Waals surface area (Å²) in [5.41, 5.74) is 6.74. The van der Waals surface area contributed by atoms with Gasteiger partial charge in [-0.3, -0.25) is 4.79 Å². The Labute approximate surface area is 127 Å². The molecule has 0 aliphatic rings. The average molecular weight is 301 g/mol. The number of halogens is 1. The molecule has 0 aromatic heterocycles. The van der Waals surface area contributed by atoms with E-state index in [0.29, 0.717) is 6.54 Å². The van der Waals surface area contributed by atoms with E-state index in [1.807, 2.05) is 38.1 Å². The average Bonchev–Trinajstić information content (AvgIpc) is 2.42. The third-order valence-electron chi connectivity index (χ3n) is 3.07. The number of hydrogen-bond donors (Lipinski definition) is 2. The number of nitrogens with one attached hydrogen (secondary N) is 1. The number of rotatable bonds is 7. The molecule has 2 atom stereocenters. The zero-order valence-corrected chi connectivity index (χ0v) is 13.2. The van der Waals surface area contributed by atoms with Gasteiger partial charge in [-0.15, -0.1) is 12.4 Å². The number of ether oxygens (including phenoxy) is 1. The van der Waals surface area contributed by atoms with Gasteiger partial charge in [0.15, 0.2) is 0 Å². The Hall–Kier alpha value is -1.26. The van der Waals surface area contributed by atoms with Gasteiger partial charge in [0.2, 0.25) is 5.91 Å². The van der Waals surface area contributed by atoms with Crippen LogP contribution in [-0.2, 0) is 11.3 Å². The molecule has 1 aromatic carbocycles. The number of amides is 1. The molecule has 0 bridgehead atoms. The number of benzene rings is 1. The zero-order chi connectivity index (χ0) is 14.3. The molecular formula is C15H25ClN2O2. The summed E-state index contributed by atoms with van der Waals surface area (Å²) < 4.78 is 5.50. The molecule has 0 spiro atoms. The Morgan fingerprint density at radius 3 is 2.40 bits per heavy atom. The Morgan fingerprint density at radius 1 is 1.30 bits per heavy atom. The van der Waals surface area contributed by atoms with Gasteiger partial charge in [-0.05, 0) is 31.0 Å². The van der Waals surface area contributed by atoms with Crippen LogP contribution in [0.4, 0.5) is 0 Å². The quantitative estimate of drug-likeness (QED) is 0.813. The van der Waals surface area contributed by atoms with E-state index in [-0.39, 0.29) is 30.3 Å². The first-order valence-corrected chi connectivity index (χ1v) is 6.79.